The molecule has 1 aromatic rings. The van der Waals surface area contributed by atoms with Gasteiger partial charge in [0.25, 0.3) is 0 Å². The van der Waals surface area contributed by atoms with Crippen LogP contribution in [0.4, 0.5) is 0 Å². The van der Waals surface area contributed by atoms with Gasteiger partial charge in [0.2, 0.25) is 0 Å². The minimum absolute atomic E-state index is 0.230. The van der Waals surface area contributed by atoms with E-state index in [0.29, 0.717) is 0 Å². The van der Waals surface area contributed by atoms with Gasteiger partial charge >= 0.3 is 0 Å². The molecule has 0 saturated heterocycles. The standard InChI is InChI=1S/C11H15NO/c1-11(13)7-4-5-9(11)10-6-2-3-8-12-10/h2-3,6,8-9,13H,4-5,7H2,1H3/t9-,11-/m1/s1. The zero-order valence-electron chi connectivity index (χ0n) is 7.90. The number of aromatic nitrogens is 1. The van der Waals surface area contributed by atoms with E-state index in [0.717, 1.165) is 25.0 Å². The maximum Gasteiger partial charge on any atom is 0.0703 e. The number of nitrogens with zero attached hydrogens (tertiary/aromatic N) is 1. The zero-order valence-corrected chi connectivity index (χ0v) is 7.90. The molecular formula is C11H15NO. The molecule has 70 valence electrons. The zero-order chi connectivity index (χ0) is 9.31. The molecule has 1 aliphatic rings. The van der Waals surface area contributed by atoms with E-state index >= 15 is 0 Å². The van der Waals surface area contributed by atoms with Gasteiger partial charge in [0.05, 0.1) is 5.60 Å². The molecule has 2 rings (SSSR count). The molecule has 0 bridgehead atoms. The summed E-state index contributed by atoms with van der Waals surface area (Å²) in [5, 5.41) is 10.1. The molecule has 1 N–H and O–H groups in total. The molecule has 1 heterocycles. The van der Waals surface area contributed by atoms with Crippen LogP contribution in [0.3, 0.4) is 0 Å². The normalized spacial score (nSPS) is 33.5. The number of rotatable bonds is 1. The lowest BCUT2D eigenvalue weighted by Crippen LogP contribution is -2.27. The van der Waals surface area contributed by atoms with E-state index in [4.69, 9.17) is 0 Å². The molecule has 0 amide bonds. The van der Waals surface area contributed by atoms with Crippen molar-refractivity contribution in [2.75, 3.05) is 0 Å². The van der Waals surface area contributed by atoms with Gasteiger partial charge < -0.3 is 5.11 Å². The highest BCUT2D eigenvalue weighted by atomic mass is 16.3. The summed E-state index contributed by atoms with van der Waals surface area (Å²) < 4.78 is 0. The SMILES string of the molecule is C[C@@]1(O)CCC[C@@H]1c1ccccn1. The van der Waals surface area contributed by atoms with Gasteiger partial charge in [0, 0.05) is 17.8 Å². The molecule has 1 saturated carbocycles. The first-order chi connectivity index (χ1) is 6.20. The van der Waals surface area contributed by atoms with E-state index in [2.05, 4.69) is 4.98 Å². The lowest BCUT2D eigenvalue weighted by atomic mass is 9.90. The van der Waals surface area contributed by atoms with Crippen LogP contribution in [0.2, 0.25) is 0 Å². The highest BCUT2D eigenvalue weighted by Crippen LogP contribution is 2.41. The molecule has 2 nitrogen and oxygen atoms in total. The van der Waals surface area contributed by atoms with Crippen LogP contribution in [0.5, 0.6) is 0 Å². The van der Waals surface area contributed by atoms with Gasteiger partial charge in [0.15, 0.2) is 0 Å². The van der Waals surface area contributed by atoms with E-state index in [9.17, 15) is 5.11 Å². The van der Waals surface area contributed by atoms with Crippen molar-refractivity contribution in [3.8, 4) is 0 Å². The van der Waals surface area contributed by atoms with Crippen LogP contribution in [0, 0.1) is 0 Å². The van der Waals surface area contributed by atoms with Crippen molar-refractivity contribution in [2.24, 2.45) is 0 Å². The van der Waals surface area contributed by atoms with E-state index in [1.165, 1.54) is 0 Å². The van der Waals surface area contributed by atoms with Crippen LogP contribution < -0.4 is 0 Å². The summed E-state index contributed by atoms with van der Waals surface area (Å²) in [5.41, 5.74) is 0.485. The third-order valence-corrected chi connectivity index (χ3v) is 2.97. The molecule has 0 unspecified atom stereocenters. The molecule has 0 spiro atoms. The highest BCUT2D eigenvalue weighted by molar-refractivity contribution is 5.16. The maximum atomic E-state index is 10.1. The van der Waals surface area contributed by atoms with Crippen LogP contribution in [0.15, 0.2) is 24.4 Å². The summed E-state index contributed by atoms with van der Waals surface area (Å²) in [6.07, 6.45) is 4.86. The van der Waals surface area contributed by atoms with Crippen LogP contribution in [0.1, 0.15) is 37.8 Å². The second-order valence-corrected chi connectivity index (χ2v) is 4.06. The molecule has 1 aromatic heterocycles. The molecule has 0 radical (unpaired) electrons. The van der Waals surface area contributed by atoms with Crippen LogP contribution in [-0.2, 0) is 0 Å². The lowest BCUT2D eigenvalue weighted by molar-refractivity contribution is 0.0485. The fraction of sp³-hybridized carbons (Fsp3) is 0.545. The molecule has 0 aliphatic heterocycles. The molecule has 2 heteroatoms. The van der Waals surface area contributed by atoms with Crippen molar-refractivity contribution >= 4 is 0 Å². The Hall–Kier alpha value is -0.890. The third kappa shape index (κ3) is 1.59. The molecule has 13 heavy (non-hydrogen) atoms. The quantitative estimate of drug-likeness (QED) is 0.712. The second-order valence-electron chi connectivity index (χ2n) is 4.06. The van der Waals surface area contributed by atoms with Gasteiger partial charge in [-0.1, -0.05) is 6.07 Å². The van der Waals surface area contributed by atoms with Gasteiger partial charge in [-0.25, -0.2) is 0 Å². The van der Waals surface area contributed by atoms with E-state index in [-0.39, 0.29) is 5.92 Å². The van der Waals surface area contributed by atoms with E-state index < -0.39 is 5.60 Å². The van der Waals surface area contributed by atoms with Crippen molar-refractivity contribution in [3.63, 3.8) is 0 Å². The third-order valence-electron chi connectivity index (χ3n) is 2.97. The van der Waals surface area contributed by atoms with Gasteiger partial charge in [0.1, 0.15) is 0 Å². The molecule has 1 aliphatic carbocycles. The number of hydrogen-bond donors (Lipinski definition) is 1. The average molecular weight is 177 g/mol. The topological polar surface area (TPSA) is 33.1 Å². The largest absolute Gasteiger partial charge is 0.389 e. The summed E-state index contributed by atoms with van der Waals surface area (Å²) in [6, 6.07) is 5.90. The molecule has 1 fully saturated rings. The van der Waals surface area contributed by atoms with Crippen LogP contribution in [0.25, 0.3) is 0 Å². The van der Waals surface area contributed by atoms with Crippen molar-refractivity contribution in [3.05, 3.63) is 30.1 Å². The summed E-state index contributed by atoms with van der Waals surface area (Å²) in [4.78, 5) is 4.30. The van der Waals surface area contributed by atoms with Crippen molar-refractivity contribution in [1.82, 2.24) is 4.98 Å². The number of aliphatic hydroxyl groups is 1. The van der Waals surface area contributed by atoms with Crippen molar-refractivity contribution in [1.29, 1.82) is 0 Å². The first-order valence-electron chi connectivity index (χ1n) is 4.83. The summed E-state index contributed by atoms with van der Waals surface area (Å²) in [5.74, 6) is 0.230. The predicted molar refractivity (Wildman–Crippen MR) is 51.5 cm³/mol. The smallest absolute Gasteiger partial charge is 0.0703 e. The van der Waals surface area contributed by atoms with Crippen molar-refractivity contribution < 1.29 is 5.11 Å². The van der Waals surface area contributed by atoms with E-state index in [1.807, 2.05) is 25.1 Å². The predicted octanol–water partition coefficient (Wildman–Crippen LogP) is 2.10. The fourth-order valence-corrected chi connectivity index (χ4v) is 2.20. The van der Waals surface area contributed by atoms with Gasteiger partial charge in [-0.3, -0.25) is 4.98 Å². The van der Waals surface area contributed by atoms with Crippen LogP contribution >= 0.6 is 0 Å². The Balaban J connectivity index is 2.27. The lowest BCUT2D eigenvalue weighted by Gasteiger charge is -2.24. The Labute approximate surface area is 78.6 Å². The Morgan fingerprint density at radius 3 is 2.92 bits per heavy atom. The minimum atomic E-state index is -0.547. The molecular weight excluding hydrogens is 162 g/mol. The average Bonchev–Trinajstić information content (AvgIpc) is 2.47. The first-order valence-corrected chi connectivity index (χ1v) is 4.83. The number of pyridine rings is 1. The van der Waals surface area contributed by atoms with Crippen LogP contribution in [-0.4, -0.2) is 15.7 Å². The monoisotopic (exact) mass is 177 g/mol. The summed E-state index contributed by atoms with van der Waals surface area (Å²) in [7, 11) is 0. The fourth-order valence-electron chi connectivity index (χ4n) is 2.20. The number of hydrogen-bond acceptors (Lipinski definition) is 2. The summed E-state index contributed by atoms with van der Waals surface area (Å²) >= 11 is 0. The second kappa shape index (κ2) is 3.11. The Morgan fingerprint density at radius 1 is 1.54 bits per heavy atom. The van der Waals surface area contributed by atoms with Gasteiger partial charge in [-0.2, -0.15) is 0 Å². The van der Waals surface area contributed by atoms with Gasteiger partial charge in [-0.05, 0) is 38.3 Å². The summed E-state index contributed by atoms with van der Waals surface area (Å²) in [6.45, 7) is 1.92. The van der Waals surface area contributed by atoms with Crippen molar-refractivity contribution in [2.45, 2.75) is 37.7 Å². The molecule has 2 atom stereocenters. The first kappa shape index (κ1) is 8.70. The highest BCUT2D eigenvalue weighted by Gasteiger charge is 2.38. The minimum Gasteiger partial charge on any atom is -0.389 e. The Bertz CT molecular complexity index is 281. The Morgan fingerprint density at radius 2 is 2.38 bits per heavy atom. The Kier molecular flexibility index (Phi) is 2.08. The molecule has 0 aromatic carbocycles. The van der Waals surface area contributed by atoms with E-state index in [1.54, 1.807) is 6.20 Å². The maximum absolute atomic E-state index is 10.1. The van der Waals surface area contributed by atoms with Gasteiger partial charge in [-0.15, -0.1) is 0 Å².